The van der Waals surface area contributed by atoms with Crippen LogP contribution in [0.25, 0.3) is 0 Å². The average molecular weight is 335 g/mol. The average Bonchev–Trinajstić information content (AvgIpc) is 3.06. The summed E-state index contributed by atoms with van der Waals surface area (Å²) in [5.74, 6) is 0.881. The minimum atomic E-state index is -0.487. The molecule has 0 spiro atoms. The second kappa shape index (κ2) is 6.35. The molecule has 2 heterocycles. The standard InChI is InChI=1S/C18H17N5O2/c1-2-11-23-21-18(20-22-23)19-17(24)16-12-7-3-5-9-14(12)25-15-10-6-4-8-13(15)16/h3-10,16H,2,11H2,1H3,(H,19,21,24). The van der Waals surface area contributed by atoms with Crippen LogP contribution in [0.15, 0.2) is 48.5 Å². The number of aromatic nitrogens is 4. The minimum Gasteiger partial charge on any atom is -0.457 e. The summed E-state index contributed by atoms with van der Waals surface area (Å²) < 4.78 is 5.92. The maximum Gasteiger partial charge on any atom is 0.270 e. The van der Waals surface area contributed by atoms with E-state index in [0.29, 0.717) is 18.0 Å². The van der Waals surface area contributed by atoms with Crippen molar-refractivity contribution < 1.29 is 9.53 Å². The molecular formula is C18H17N5O2. The first-order chi connectivity index (χ1) is 12.3. The molecule has 0 aliphatic carbocycles. The number of aryl methyl sites for hydroxylation is 1. The van der Waals surface area contributed by atoms with Gasteiger partial charge in [-0.15, -0.1) is 5.10 Å². The molecule has 126 valence electrons. The molecule has 4 rings (SSSR count). The second-order valence-electron chi connectivity index (χ2n) is 5.81. The summed E-state index contributed by atoms with van der Waals surface area (Å²) in [6.07, 6.45) is 0.893. The van der Waals surface area contributed by atoms with Gasteiger partial charge in [0.15, 0.2) is 0 Å². The maximum absolute atomic E-state index is 13.0. The number of ether oxygens (including phenoxy) is 1. The van der Waals surface area contributed by atoms with Crippen molar-refractivity contribution in [3.63, 3.8) is 0 Å². The molecule has 3 aromatic rings. The van der Waals surface area contributed by atoms with Crippen molar-refractivity contribution in [2.24, 2.45) is 0 Å². The molecule has 0 bridgehead atoms. The Kier molecular flexibility index (Phi) is 3.89. The van der Waals surface area contributed by atoms with Crippen LogP contribution in [0, 0.1) is 0 Å². The van der Waals surface area contributed by atoms with Crippen LogP contribution in [-0.2, 0) is 11.3 Å². The molecule has 2 aromatic carbocycles. The largest absolute Gasteiger partial charge is 0.457 e. The predicted molar refractivity (Wildman–Crippen MR) is 91.5 cm³/mol. The first-order valence-corrected chi connectivity index (χ1v) is 8.20. The normalized spacial score (nSPS) is 12.8. The summed E-state index contributed by atoms with van der Waals surface area (Å²) in [7, 11) is 0. The number of benzene rings is 2. The lowest BCUT2D eigenvalue weighted by atomic mass is 9.87. The molecule has 7 heteroatoms. The van der Waals surface area contributed by atoms with E-state index >= 15 is 0 Å². The van der Waals surface area contributed by atoms with E-state index in [9.17, 15) is 4.79 Å². The Balaban J connectivity index is 1.67. The smallest absolute Gasteiger partial charge is 0.270 e. The number of rotatable bonds is 4. The summed E-state index contributed by atoms with van der Waals surface area (Å²) in [6, 6.07) is 15.1. The zero-order valence-electron chi connectivity index (χ0n) is 13.7. The van der Waals surface area contributed by atoms with Gasteiger partial charge in [-0.05, 0) is 23.8 Å². The Labute approximate surface area is 144 Å². The summed E-state index contributed by atoms with van der Waals surface area (Å²) in [5, 5.41) is 14.8. The lowest BCUT2D eigenvalue weighted by molar-refractivity contribution is -0.116. The first-order valence-electron chi connectivity index (χ1n) is 8.20. The maximum atomic E-state index is 13.0. The molecule has 1 N–H and O–H groups in total. The molecule has 0 unspecified atom stereocenters. The number of carbonyl (C=O) groups excluding carboxylic acids is 1. The molecular weight excluding hydrogens is 318 g/mol. The molecule has 1 amide bonds. The fourth-order valence-corrected chi connectivity index (χ4v) is 2.96. The van der Waals surface area contributed by atoms with Crippen LogP contribution >= 0.6 is 0 Å². The van der Waals surface area contributed by atoms with Gasteiger partial charge in [-0.25, -0.2) is 0 Å². The summed E-state index contributed by atoms with van der Waals surface area (Å²) in [6.45, 7) is 2.68. The summed E-state index contributed by atoms with van der Waals surface area (Å²) >= 11 is 0. The highest BCUT2D eigenvalue weighted by atomic mass is 16.5. The number of carbonyl (C=O) groups is 1. The summed E-state index contributed by atoms with van der Waals surface area (Å²) in [4.78, 5) is 14.5. The van der Waals surface area contributed by atoms with Crippen molar-refractivity contribution in [3.8, 4) is 11.5 Å². The molecule has 0 atom stereocenters. The lowest BCUT2D eigenvalue weighted by Crippen LogP contribution is -2.25. The van der Waals surface area contributed by atoms with Crippen LogP contribution in [-0.4, -0.2) is 26.1 Å². The molecule has 1 aliphatic rings. The van der Waals surface area contributed by atoms with Gasteiger partial charge in [-0.3, -0.25) is 10.1 Å². The van der Waals surface area contributed by atoms with Crippen molar-refractivity contribution in [2.75, 3.05) is 5.32 Å². The van der Waals surface area contributed by atoms with Crippen molar-refractivity contribution in [1.82, 2.24) is 20.2 Å². The van der Waals surface area contributed by atoms with Crippen LogP contribution < -0.4 is 10.1 Å². The number of nitrogens with one attached hydrogen (secondary N) is 1. The number of fused-ring (bicyclic) bond motifs is 2. The third kappa shape index (κ3) is 2.84. The predicted octanol–water partition coefficient (Wildman–Crippen LogP) is 2.96. The molecule has 7 nitrogen and oxygen atoms in total. The number of nitrogens with zero attached hydrogens (tertiary/aromatic N) is 4. The van der Waals surface area contributed by atoms with Gasteiger partial charge in [-0.1, -0.05) is 48.4 Å². The van der Waals surface area contributed by atoms with E-state index in [1.165, 1.54) is 4.80 Å². The monoisotopic (exact) mass is 335 g/mol. The molecule has 1 aromatic heterocycles. The minimum absolute atomic E-state index is 0.208. The number of hydrogen-bond donors (Lipinski definition) is 1. The highest BCUT2D eigenvalue weighted by molar-refractivity contribution is 5.98. The van der Waals surface area contributed by atoms with E-state index < -0.39 is 5.92 Å². The quantitative estimate of drug-likeness (QED) is 0.792. The van der Waals surface area contributed by atoms with Crippen LogP contribution in [0.5, 0.6) is 11.5 Å². The topological polar surface area (TPSA) is 81.9 Å². The number of para-hydroxylation sites is 2. The Morgan fingerprint density at radius 2 is 1.76 bits per heavy atom. The van der Waals surface area contributed by atoms with Gasteiger partial charge in [-0.2, -0.15) is 4.80 Å². The molecule has 0 saturated carbocycles. The van der Waals surface area contributed by atoms with Gasteiger partial charge in [0, 0.05) is 11.1 Å². The van der Waals surface area contributed by atoms with E-state index in [1.54, 1.807) is 0 Å². The van der Waals surface area contributed by atoms with Crippen molar-refractivity contribution >= 4 is 11.9 Å². The Hall–Kier alpha value is -3.22. The van der Waals surface area contributed by atoms with Gasteiger partial charge in [0.2, 0.25) is 5.91 Å². The summed E-state index contributed by atoms with van der Waals surface area (Å²) in [5.41, 5.74) is 1.64. The Morgan fingerprint density at radius 1 is 1.12 bits per heavy atom. The number of hydrogen-bond acceptors (Lipinski definition) is 5. The third-order valence-corrected chi connectivity index (χ3v) is 4.05. The van der Waals surface area contributed by atoms with E-state index in [2.05, 4.69) is 20.7 Å². The molecule has 0 saturated heterocycles. The number of anilines is 1. The van der Waals surface area contributed by atoms with Gasteiger partial charge < -0.3 is 4.74 Å². The van der Waals surface area contributed by atoms with E-state index in [-0.39, 0.29) is 11.9 Å². The van der Waals surface area contributed by atoms with Crippen LogP contribution in [0.4, 0.5) is 5.95 Å². The van der Waals surface area contributed by atoms with E-state index in [4.69, 9.17) is 4.74 Å². The van der Waals surface area contributed by atoms with Gasteiger partial charge in [0.25, 0.3) is 5.95 Å². The Bertz CT molecular complexity index is 876. The fourth-order valence-electron chi connectivity index (χ4n) is 2.96. The second-order valence-corrected chi connectivity index (χ2v) is 5.81. The van der Waals surface area contributed by atoms with Gasteiger partial charge in [0.05, 0.1) is 12.5 Å². The highest BCUT2D eigenvalue weighted by Gasteiger charge is 2.32. The molecule has 25 heavy (non-hydrogen) atoms. The molecule has 0 fully saturated rings. The van der Waals surface area contributed by atoms with Gasteiger partial charge >= 0.3 is 0 Å². The van der Waals surface area contributed by atoms with E-state index in [0.717, 1.165) is 17.5 Å². The third-order valence-electron chi connectivity index (χ3n) is 4.05. The zero-order valence-corrected chi connectivity index (χ0v) is 13.7. The Morgan fingerprint density at radius 3 is 2.40 bits per heavy atom. The molecule has 1 aliphatic heterocycles. The lowest BCUT2D eigenvalue weighted by Gasteiger charge is -2.26. The first kappa shape index (κ1) is 15.3. The SMILES string of the molecule is CCCn1nnc(NC(=O)C2c3ccccc3Oc3ccccc32)n1. The van der Waals surface area contributed by atoms with Crippen molar-refractivity contribution in [3.05, 3.63) is 59.7 Å². The molecule has 0 radical (unpaired) electrons. The van der Waals surface area contributed by atoms with Crippen molar-refractivity contribution in [1.29, 1.82) is 0 Å². The fraction of sp³-hybridized carbons (Fsp3) is 0.222. The van der Waals surface area contributed by atoms with E-state index in [1.807, 2.05) is 55.5 Å². The van der Waals surface area contributed by atoms with Crippen LogP contribution in [0.3, 0.4) is 0 Å². The van der Waals surface area contributed by atoms with Gasteiger partial charge in [0.1, 0.15) is 11.5 Å². The number of tetrazole rings is 1. The zero-order chi connectivity index (χ0) is 17.2. The van der Waals surface area contributed by atoms with Crippen LogP contribution in [0.1, 0.15) is 30.4 Å². The highest BCUT2D eigenvalue weighted by Crippen LogP contribution is 2.44. The van der Waals surface area contributed by atoms with Crippen molar-refractivity contribution in [2.45, 2.75) is 25.8 Å². The number of amides is 1. The van der Waals surface area contributed by atoms with Crippen LogP contribution in [0.2, 0.25) is 0 Å².